The topological polar surface area (TPSA) is 47.0 Å². The molecule has 94 valence electrons. The molecule has 0 spiro atoms. The number of methoxy groups -OCH3 is 1. The van der Waals surface area contributed by atoms with E-state index in [0.29, 0.717) is 17.3 Å². The fraction of sp³-hybridized carbons (Fsp3) is 0.667. The van der Waals surface area contributed by atoms with Crippen LogP contribution in [-0.2, 0) is 11.2 Å². The van der Waals surface area contributed by atoms with E-state index in [1.54, 1.807) is 7.11 Å². The Kier molecular flexibility index (Phi) is 4.18. The monoisotopic (exact) mass is 255 g/mol. The second-order valence-corrected chi connectivity index (χ2v) is 4.72. The first kappa shape index (κ1) is 12.6. The lowest BCUT2D eigenvalue weighted by Crippen LogP contribution is -2.19. The number of rotatable bonds is 4. The fourth-order valence-corrected chi connectivity index (χ4v) is 2.57. The summed E-state index contributed by atoms with van der Waals surface area (Å²) in [5.74, 6) is 0.870. The Hall–Kier alpha value is -0.870. The molecule has 0 aliphatic heterocycles. The lowest BCUT2D eigenvalue weighted by atomic mass is 10.2. The average Bonchev–Trinajstić information content (AvgIpc) is 2.77. The van der Waals surface area contributed by atoms with Crippen LogP contribution >= 0.6 is 11.6 Å². The number of hydrogen-bond donors (Lipinski definition) is 1. The van der Waals surface area contributed by atoms with Gasteiger partial charge in [-0.25, -0.2) is 9.97 Å². The molecule has 4 nitrogen and oxygen atoms in total. The van der Waals surface area contributed by atoms with Gasteiger partial charge in [0.1, 0.15) is 17.3 Å². The van der Waals surface area contributed by atoms with Crippen molar-refractivity contribution in [2.24, 2.45) is 0 Å². The predicted octanol–water partition coefficient (Wildman–Crippen LogP) is 2.67. The van der Waals surface area contributed by atoms with Gasteiger partial charge in [-0.1, -0.05) is 18.5 Å². The second kappa shape index (κ2) is 5.65. The SMILES string of the molecule is CCc1c(Cl)ncnc1NC1CCC(OC)C1. The Labute approximate surface area is 107 Å². The summed E-state index contributed by atoms with van der Waals surface area (Å²) >= 11 is 6.06. The van der Waals surface area contributed by atoms with Crippen molar-refractivity contribution in [3.8, 4) is 0 Å². The van der Waals surface area contributed by atoms with Gasteiger partial charge in [0.05, 0.1) is 6.10 Å². The van der Waals surface area contributed by atoms with E-state index in [4.69, 9.17) is 16.3 Å². The van der Waals surface area contributed by atoms with Crippen molar-refractivity contribution in [3.63, 3.8) is 0 Å². The summed E-state index contributed by atoms with van der Waals surface area (Å²) in [6, 6.07) is 0.427. The van der Waals surface area contributed by atoms with E-state index in [2.05, 4.69) is 22.2 Å². The highest BCUT2D eigenvalue weighted by Gasteiger charge is 2.25. The Morgan fingerprint density at radius 2 is 2.29 bits per heavy atom. The number of nitrogens with one attached hydrogen (secondary N) is 1. The molecule has 0 bridgehead atoms. The first-order chi connectivity index (χ1) is 8.24. The summed E-state index contributed by atoms with van der Waals surface area (Å²) in [4.78, 5) is 8.28. The molecule has 2 atom stereocenters. The summed E-state index contributed by atoms with van der Waals surface area (Å²) < 4.78 is 5.36. The van der Waals surface area contributed by atoms with Gasteiger partial charge in [0, 0.05) is 18.7 Å². The lowest BCUT2D eigenvalue weighted by Gasteiger charge is -2.16. The zero-order chi connectivity index (χ0) is 12.3. The van der Waals surface area contributed by atoms with Crippen molar-refractivity contribution < 1.29 is 4.74 Å². The van der Waals surface area contributed by atoms with Gasteiger partial charge in [-0.15, -0.1) is 0 Å². The maximum Gasteiger partial charge on any atom is 0.137 e. The third-order valence-corrected chi connectivity index (χ3v) is 3.63. The molecule has 0 aromatic carbocycles. The Morgan fingerprint density at radius 1 is 1.47 bits per heavy atom. The van der Waals surface area contributed by atoms with Crippen LogP contribution in [-0.4, -0.2) is 29.2 Å². The van der Waals surface area contributed by atoms with Gasteiger partial charge in [0.2, 0.25) is 0 Å². The zero-order valence-electron chi connectivity index (χ0n) is 10.2. The van der Waals surface area contributed by atoms with Crippen molar-refractivity contribution in [2.45, 2.75) is 44.8 Å². The highest BCUT2D eigenvalue weighted by molar-refractivity contribution is 6.30. The van der Waals surface area contributed by atoms with Gasteiger partial charge >= 0.3 is 0 Å². The minimum atomic E-state index is 0.370. The van der Waals surface area contributed by atoms with Gasteiger partial charge in [-0.2, -0.15) is 0 Å². The molecule has 1 saturated carbocycles. The molecular weight excluding hydrogens is 238 g/mol. The molecule has 1 aliphatic rings. The van der Waals surface area contributed by atoms with E-state index in [1.165, 1.54) is 6.33 Å². The van der Waals surface area contributed by atoms with Crippen LogP contribution in [0, 0.1) is 0 Å². The minimum Gasteiger partial charge on any atom is -0.381 e. The summed E-state index contributed by atoms with van der Waals surface area (Å²) in [7, 11) is 1.77. The molecule has 1 fully saturated rings. The molecule has 1 N–H and O–H groups in total. The summed E-state index contributed by atoms with van der Waals surface area (Å²) in [5.41, 5.74) is 0.995. The fourth-order valence-electron chi connectivity index (χ4n) is 2.31. The number of hydrogen-bond acceptors (Lipinski definition) is 4. The van der Waals surface area contributed by atoms with Crippen LogP contribution < -0.4 is 5.32 Å². The van der Waals surface area contributed by atoms with Gasteiger partial charge < -0.3 is 10.1 Å². The molecule has 1 aromatic heterocycles. The number of ether oxygens (including phenoxy) is 1. The molecule has 1 heterocycles. The molecule has 0 radical (unpaired) electrons. The summed E-state index contributed by atoms with van der Waals surface area (Å²) in [6.45, 7) is 2.06. The number of aromatic nitrogens is 2. The molecule has 0 amide bonds. The number of anilines is 1. The molecule has 17 heavy (non-hydrogen) atoms. The third kappa shape index (κ3) is 2.87. The highest BCUT2D eigenvalue weighted by atomic mass is 35.5. The van der Waals surface area contributed by atoms with Crippen LogP contribution in [0.15, 0.2) is 6.33 Å². The highest BCUT2D eigenvalue weighted by Crippen LogP contribution is 2.27. The van der Waals surface area contributed by atoms with Crippen molar-refractivity contribution in [3.05, 3.63) is 17.0 Å². The molecule has 1 aromatic rings. The summed E-state index contributed by atoms with van der Waals surface area (Å²) in [5, 5.41) is 4.00. The Balaban J connectivity index is 2.06. The van der Waals surface area contributed by atoms with E-state index in [9.17, 15) is 0 Å². The van der Waals surface area contributed by atoms with Crippen LogP contribution in [0.3, 0.4) is 0 Å². The standard InChI is InChI=1S/C12H18ClN3O/c1-3-10-11(13)14-7-15-12(10)16-8-4-5-9(6-8)17-2/h7-9H,3-6H2,1-2H3,(H,14,15,16). The van der Waals surface area contributed by atoms with E-state index < -0.39 is 0 Å². The summed E-state index contributed by atoms with van der Waals surface area (Å²) in [6.07, 6.45) is 5.96. The van der Waals surface area contributed by atoms with Crippen molar-refractivity contribution in [2.75, 3.05) is 12.4 Å². The van der Waals surface area contributed by atoms with Gasteiger partial charge in [0.25, 0.3) is 0 Å². The van der Waals surface area contributed by atoms with Crippen molar-refractivity contribution in [1.82, 2.24) is 9.97 Å². The maximum atomic E-state index is 6.06. The van der Waals surface area contributed by atoms with E-state index in [-0.39, 0.29) is 0 Å². The van der Waals surface area contributed by atoms with E-state index in [0.717, 1.165) is 37.1 Å². The molecule has 1 aliphatic carbocycles. The van der Waals surface area contributed by atoms with E-state index >= 15 is 0 Å². The smallest absolute Gasteiger partial charge is 0.137 e. The maximum absolute atomic E-state index is 6.06. The quantitative estimate of drug-likeness (QED) is 0.841. The molecular formula is C12H18ClN3O. The van der Waals surface area contributed by atoms with Crippen LogP contribution in [0.25, 0.3) is 0 Å². The Morgan fingerprint density at radius 3 is 2.94 bits per heavy atom. The number of nitrogens with zero attached hydrogens (tertiary/aromatic N) is 2. The largest absolute Gasteiger partial charge is 0.381 e. The van der Waals surface area contributed by atoms with Gasteiger partial charge in [-0.05, 0) is 25.7 Å². The molecule has 2 unspecified atom stereocenters. The first-order valence-corrected chi connectivity index (χ1v) is 6.41. The van der Waals surface area contributed by atoms with Crippen molar-refractivity contribution >= 4 is 17.4 Å². The van der Waals surface area contributed by atoms with E-state index in [1.807, 2.05) is 0 Å². The molecule has 2 rings (SSSR count). The van der Waals surface area contributed by atoms with Gasteiger partial charge in [0.15, 0.2) is 0 Å². The van der Waals surface area contributed by atoms with Crippen LogP contribution in [0.5, 0.6) is 0 Å². The number of halogens is 1. The molecule has 5 heteroatoms. The van der Waals surface area contributed by atoms with Gasteiger partial charge in [-0.3, -0.25) is 0 Å². The van der Waals surface area contributed by atoms with Crippen molar-refractivity contribution in [1.29, 1.82) is 0 Å². The predicted molar refractivity (Wildman–Crippen MR) is 68.5 cm³/mol. The minimum absolute atomic E-state index is 0.370. The van der Waals surface area contributed by atoms with Crippen LogP contribution in [0.2, 0.25) is 5.15 Å². The van der Waals surface area contributed by atoms with Crippen LogP contribution in [0.1, 0.15) is 31.7 Å². The first-order valence-electron chi connectivity index (χ1n) is 6.03. The Bertz CT molecular complexity index is 386. The van der Waals surface area contributed by atoms with Crippen LogP contribution in [0.4, 0.5) is 5.82 Å². The zero-order valence-corrected chi connectivity index (χ0v) is 11.0. The third-order valence-electron chi connectivity index (χ3n) is 3.31. The molecule has 0 saturated heterocycles. The normalized spacial score (nSPS) is 23.9. The lowest BCUT2D eigenvalue weighted by molar-refractivity contribution is 0.108. The second-order valence-electron chi connectivity index (χ2n) is 4.36. The average molecular weight is 256 g/mol.